The normalized spacial score (nSPS) is 14.6. The minimum atomic E-state index is -4.14. The van der Waals surface area contributed by atoms with Gasteiger partial charge in [0.05, 0.1) is 0 Å². The van der Waals surface area contributed by atoms with Crippen LogP contribution in [0.4, 0.5) is 8.78 Å². The number of piperidine rings is 1. The number of likely N-dealkylation sites (tertiary alicyclic amines) is 1. The van der Waals surface area contributed by atoms with E-state index in [1.807, 2.05) is 0 Å². The largest absolute Gasteiger partial charge is 0.352 e. The molecule has 0 saturated carbocycles. The van der Waals surface area contributed by atoms with Gasteiger partial charge >= 0.3 is 0 Å². The molecule has 0 aliphatic carbocycles. The highest BCUT2D eigenvalue weighted by molar-refractivity contribution is 7.89. The van der Waals surface area contributed by atoms with Crippen molar-refractivity contribution in [1.29, 1.82) is 0 Å². The molecule has 2 N–H and O–H groups in total. The quantitative estimate of drug-likeness (QED) is 0.555. The maximum absolute atomic E-state index is 14.1. The molecule has 1 aliphatic rings. The molecule has 0 unspecified atom stereocenters. The molecule has 10 heteroatoms. The molecule has 1 saturated heterocycles. The number of aryl methyl sites for hydroxylation is 1. The van der Waals surface area contributed by atoms with E-state index in [1.54, 1.807) is 19.1 Å². The predicted molar refractivity (Wildman–Crippen MR) is 123 cm³/mol. The molecule has 7 nitrogen and oxygen atoms in total. The summed E-state index contributed by atoms with van der Waals surface area (Å²) in [4.78, 5) is 26.3. The number of benzene rings is 2. The zero-order chi connectivity index (χ0) is 24.9. The van der Waals surface area contributed by atoms with Crippen molar-refractivity contribution >= 4 is 21.8 Å². The summed E-state index contributed by atoms with van der Waals surface area (Å²) >= 11 is 0. The van der Waals surface area contributed by atoms with Gasteiger partial charge < -0.3 is 10.2 Å². The standard InChI is InChI=1S/C24H27F2N3O4S/c1-3-10-28-34(32,33)22-14-19(6-7-20(22)25)24(31)29-11-8-18(9-12-29)23(30)27-15-17-5-4-16(2)21(26)13-17/h3-7,13-14,18,28H,1,8-12,15H2,2H3,(H,27,30). The van der Waals surface area contributed by atoms with Gasteiger partial charge in [0.2, 0.25) is 15.9 Å². The van der Waals surface area contributed by atoms with Gasteiger partial charge in [-0.05, 0) is 55.2 Å². The Bertz CT molecular complexity index is 1190. The molecule has 2 aromatic carbocycles. The summed E-state index contributed by atoms with van der Waals surface area (Å²) in [5.74, 6) is -2.19. The van der Waals surface area contributed by atoms with Crippen LogP contribution in [0.15, 0.2) is 53.9 Å². The molecule has 0 aromatic heterocycles. The first-order valence-corrected chi connectivity index (χ1v) is 12.3. The summed E-state index contributed by atoms with van der Waals surface area (Å²) in [7, 11) is -4.14. The number of amides is 2. The zero-order valence-corrected chi connectivity index (χ0v) is 19.6. The Balaban J connectivity index is 1.59. The first-order valence-electron chi connectivity index (χ1n) is 10.8. The van der Waals surface area contributed by atoms with Crippen molar-refractivity contribution in [2.45, 2.75) is 31.2 Å². The van der Waals surface area contributed by atoms with Crippen LogP contribution in [0.1, 0.15) is 34.3 Å². The summed E-state index contributed by atoms with van der Waals surface area (Å²) in [6.07, 6.45) is 2.17. The fourth-order valence-electron chi connectivity index (χ4n) is 3.70. The number of nitrogens with one attached hydrogen (secondary N) is 2. The monoisotopic (exact) mass is 491 g/mol. The molecule has 182 valence electrons. The van der Waals surface area contributed by atoms with Gasteiger partial charge in [0.1, 0.15) is 16.5 Å². The van der Waals surface area contributed by atoms with Gasteiger partial charge in [0, 0.05) is 37.7 Å². The first-order chi connectivity index (χ1) is 16.1. The van der Waals surface area contributed by atoms with Crippen molar-refractivity contribution in [3.63, 3.8) is 0 Å². The predicted octanol–water partition coefficient (Wildman–Crippen LogP) is 2.91. The number of hydrogen-bond acceptors (Lipinski definition) is 4. The van der Waals surface area contributed by atoms with Gasteiger partial charge in [-0.1, -0.05) is 18.2 Å². The third-order valence-corrected chi connectivity index (χ3v) is 7.18. The summed E-state index contributed by atoms with van der Waals surface area (Å²) in [6.45, 7) is 5.81. The Labute approximate surface area is 197 Å². The summed E-state index contributed by atoms with van der Waals surface area (Å²) in [5.41, 5.74) is 1.24. The van der Waals surface area contributed by atoms with Crippen LogP contribution in [0.25, 0.3) is 0 Å². The van der Waals surface area contributed by atoms with Crippen LogP contribution in [-0.2, 0) is 21.4 Å². The summed E-state index contributed by atoms with van der Waals surface area (Å²) < 4.78 is 54.6. The van der Waals surface area contributed by atoms with Crippen LogP contribution < -0.4 is 10.0 Å². The van der Waals surface area contributed by atoms with Crippen LogP contribution in [0.2, 0.25) is 0 Å². The molecule has 0 spiro atoms. The molecule has 1 fully saturated rings. The number of hydrogen-bond donors (Lipinski definition) is 2. The van der Waals surface area contributed by atoms with E-state index in [2.05, 4.69) is 16.6 Å². The van der Waals surface area contributed by atoms with Gasteiger partial charge in [-0.15, -0.1) is 6.58 Å². The summed E-state index contributed by atoms with van der Waals surface area (Å²) in [6, 6.07) is 8.00. The Kier molecular flexibility index (Phi) is 8.16. The Morgan fingerprint density at radius 1 is 1.12 bits per heavy atom. The zero-order valence-electron chi connectivity index (χ0n) is 18.8. The maximum atomic E-state index is 14.1. The molecular weight excluding hydrogens is 464 g/mol. The van der Waals surface area contributed by atoms with Crippen molar-refractivity contribution in [2.24, 2.45) is 5.92 Å². The van der Waals surface area contributed by atoms with Crippen LogP contribution in [0.3, 0.4) is 0 Å². The number of sulfonamides is 1. The lowest BCUT2D eigenvalue weighted by atomic mass is 9.95. The van der Waals surface area contributed by atoms with E-state index in [4.69, 9.17) is 0 Å². The Morgan fingerprint density at radius 2 is 1.82 bits per heavy atom. The fourth-order valence-corrected chi connectivity index (χ4v) is 4.80. The van der Waals surface area contributed by atoms with Crippen LogP contribution in [0, 0.1) is 24.5 Å². The van der Waals surface area contributed by atoms with Gasteiger partial charge in [0.15, 0.2) is 0 Å². The lowest BCUT2D eigenvalue weighted by Crippen LogP contribution is -2.43. The molecular formula is C24H27F2N3O4S. The topological polar surface area (TPSA) is 95.6 Å². The van der Waals surface area contributed by atoms with Gasteiger partial charge in [-0.3, -0.25) is 9.59 Å². The van der Waals surface area contributed by atoms with Crippen LogP contribution in [-0.4, -0.2) is 44.8 Å². The number of nitrogens with zero attached hydrogens (tertiary/aromatic N) is 1. The van der Waals surface area contributed by atoms with Crippen LogP contribution >= 0.6 is 0 Å². The minimum Gasteiger partial charge on any atom is -0.352 e. The van der Waals surface area contributed by atoms with Crippen molar-refractivity contribution in [2.75, 3.05) is 19.6 Å². The van der Waals surface area contributed by atoms with E-state index in [1.165, 1.54) is 23.1 Å². The molecule has 0 bridgehead atoms. The molecule has 2 aromatic rings. The fraction of sp³-hybridized carbons (Fsp3) is 0.333. The Morgan fingerprint density at radius 3 is 2.47 bits per heavy atom. The average Bonchev–Trinajstić information content (AvgIpc) is 2.83. The second-order valence-electron chi connectivity index (χ2n) is 8.15. The molecule has 2 amide bonds. The van der Waals surface area contributed by atoms with Crippen LogP contribution in [0.5, 0.6) is 0 Å². The van der Waals surface area contributed by atoms with E-state index in [9.17, 15) is 26.8 Å². The second-order valence-corrected chi connectivity index (χ2v) is 9.89. The molecule has 1 heterocycles. The average molecular weight is 492 g/mol. The molecule has 0 atom stereocenters. The van der Waals surface area contributed by atoms with E-state index < -0.39 is 26.6 Å². The SMILES string of the molecule is C=CCNS(=O)(=O)c1cc(C(=O)N2CCC(C(=O)NCc3ccc(C)c(F)c3)CC2)ccc1F. The lowest BCUT2D eigenvalue weighted by Gasteiger charge is -2.31. The molecule has 3 rings (SSSR count). The molecule has 34 heavy (non-hydrogen) atoms. The number of rotatable bonds is 8. The van der Waals surface area contributed by atoms with Gasteiger partial charge in [-0.2, -0.15) is 0 Å². The summed E-state index contributed by atoms with van der Waals surface area (Å²) in [5, 5.41) is 2.81. The van der Waals surface area contributed by atoms with E-state index in [-0.39, 0.29) is 36.3 Å². The van der Waals surface area contributed by atoms with Gasteiger partial charge in [0.25, 0.3) is 5.91 Å². The van der Waals surface area contributed by atoms with Gasteiger partial charge in [-0.25, -0.2) is 21.9 Å². The van der Waals surface area contributed by atoms with Crippen molar-refractivity contribution in [3.05, 3.63) is 77.4 Å². The maximum Gasteiger partial charge on any atom is 0.253 e. The van der Waals surface area contributed by atoms with Crippen molar-refractivity contribution < 1.29 is 26.8 Å². The number of halogens is 2. The Hall–Kier alpha value is -3.11. The third-order valence-electron chi connectivity index (χ3n) is 5.74. The highest BCUT2D eigenvalue weighted by Crippen LogP contribution is 2.22. The molecule has 1 aliphatic heterocycles. The van der Waals surface area contributed by atoms with E-state index in [0.717, 1.165) is 12.1 Å². The highest BCUT2D eigenvalue weighted by atomic mass is 32.2. The highest BCUT2D eigenvalue weighted by Gasteiger charge is 2.29. The lowest BCUT2D eigenvalue weighted by molar-refractivity contribution is -0.126. The number of carbonyl (C=O) groups is 2. The number of carbonyl (C=O) groups excluding carboxylic acids is 2. The third kappa shape index (κ3) is 6.06. The second kappa shape index (κ2) is 10.9. The first kappa shape index (κ1) is 25.5. The smallest absolute Gasteiger partial charge is 0.253 e. The minimum absolute atomic E-state index is 0.0460. The van der Waals surface area contributed by atoms with Crippen molar-refractivity contribution in [3.8, 4) is 0 Å². The molecule has 0 radical (unpaired) electrons. The van der Waals surface area contributed by atoms with Crippen molar-refractivity contribution in [1.82, 2.24) is 14.9 Å². The van der Waals surface area contributed by atoms with E-state index >= 15 is 0 Å². The van der Waals surface area contributed by atoms with E-state index in [0.29, 0.717) is 37.1 Å².